The Morgan fingerprint density at radius 1 is 1.10 bits per heavy atom. The molecule has 0 aliphatic carbocycles. The van der Waals surface area contributed by atoms with Crippen LogP contribution in [0.15, 0.2) is 36.4 Å². The van der Waals surface area contributed by atoms with Gasteiger partial charge in [0, 0.05) is 12.1 Å². The van der Waals surface area contributed by atoms with Crippen LogP contribution in [-0.4, -0.2) is 9.55 Å². The number of hydrogen-bond acceptors (Lipinski definition) is 1. The van der Waals surface area contributed by atoms with Gasteiger partial charge in [0.25, 0.3) is 0 Å². The molecule has 0 amide bonds. The molecule has 1 aromatic heterocycles. The first-order valence-electron chi connectivity index (χ1n) is 6.89. The number of halogens is 2. The minimum Gasteiger partial charge on any atom is -0.296 e. The third-order valence-corrected chi connectivity index (χ3v) is 4.29. The third-order valence-electron chi connectivity index (χ3n) is 3.57. The molecule has 3 aromatic rings. The maximum atomic E-state index is 6.17. The lowest BCUT2D eigenvalue weighted by molar-refractivity contribution is 0.907. The van der Waals surface area contributed by atoms with Crippen molar-refractivity contribution in [2.45, 2.75) is 19.8 Å². The van der Waals surface area contributed by atoms with Gasteiger partial charge in [0.05, 0.1) is 21.1 Å². The first-order chi connectivity index (χ1) is 10.1. The van der Waals surface area contributed by atoms with E-state index in [2.05, 4.69) is 47.7 Å². The zero-order chi connectivity index (χ0) is 15.0. The maximum Gasteiger partial charge on any atom is 0.114 e. The fourth-order valence-electron chi connectivity index (χ4n) is 2.46. The number of nitrogens with zero attached hydrogens (tertiary/aromatic N) is 2. The fraction of sp³-hybridized carbons (Fsp3) is 0.176. The largest absolute Gasteiger partial charge is 0.296 e. The zero-order valence-electron chi connectivity index (χ0n) is 11.7. The van der Waals surface area contributed by atoms with Crippen LogP contribution in [-0.2, 0) is 12.8 Å². The van der Waals surface area contributed by atoms with Gasteiger partial charge in [0.1, 0.15) is 5.82 Å². The highest BCUT2D eigenvalue weighted by Gasteiger charge is 2.13. The number of aromatic nitrogens is 2. The Bertz CT molecular complexity index is 789. The molecule has 2 nitrogen and oxygen atoms in total. The van der Waals surface area contributed by atoms with Crippen LogP contribution in [0.25, 0.3) is 16.7 Å². The van der Waals surface area contributed by atoms with Crippen LogP contribution in [0.5, 0.6) is 0 Å². The van der Waals surface area contributed by atoms with Crippen molar-refractivity contribution in [3.8, 4) is 5.69 Å². The molecular formula is C17H15Cl2N2. The second-order valence-corrected chi connectivity index (χ2v) is 5.70. The summed E-state index contributed by atoms with van der Waals surface area (Å²) in [7, 11) is 0. The molecule has 1 radical (unpaired) electrons. The molecule has 4 heteroatoms. The fourth-order valence-corrected chi connectivity index (χ4v) is 2.78. The van der Waals surface area contributed by atoms with Gasteiger partial charge in [-0.25, -0.2) is 4.98 Å². The van der Waals surface area contributed by atoms with Crippen molar-refractivity contribution < 1.29 is 0 Å². The zero-order valence-corrected chi connectivity index (χ0v) is 13.2. The van der Waals surface area contributed by atoms with E-state index in [1.54, 1.807) is 0 Å². The molecule has 0 aliphatic rings. The standard InChI is InChI=1S/C17H15Cl2N2/c1-3-11-5-7-12(8-6-11)21-16-10-14(19)13(18)9-15(16)20-17(21)4-2/h5-10H,1,3-4H2,2H3. The van der Waals surface area contributed by atoms with Gasteiger partial charge in [-0.2, -0.15) is 0 Å². The van der Waals surface area contributed by atoms with E-state index < -0.39 is 0 Å². The predicted molar refractivity (Wildman–Crippen MR) is 89.5 cm³/mol. The Morgan fingerprint density at radius 2 is 1.76 bits per heavy atom. The predicted octanol–water partition coefficient (Wildman–Crippen LogP) is 5.27. The van der Waals surface area contributed by atoms with E-state index >= 15 is 0 Å². The average molecular weight is 318 g/mol. The number of imidazole rings is 1. The summed E-state index contributed by atoms with van der Waals surface area (Å²) in [6.07, 6.45) is 1.62. The Balaban J connectivity index is 2.25. The Kier molecular flexibility index (Phi) is 3.92. The van der Waals surface area contributed by atoms with Crippen molar-refractivity contribution >= 4 is 34.2 Å². The first-order valence-corrected chi connectivity index (χ1v) is 7.64. The van der Waals surface area contributed by atoms with E-state index in [0.29, 0.717) is 10.0 Å². The lowest BCUT2D eigenvalue weighted by atomic mass is 10.1. The summed E-state index contributed by atoms with van der Waals surface area (Å²) in [4.78, 5) is 4.66. The van der Waals surface area contributed by atoms with Crippen LogP contribution < -0.4 is 0 Å². The van der Waals surface area contributed by atoms with Crippen LogP contribution in [0, 0.1) is 6.92 Å². The molecule has 0 spiro atoms. The van der Waals surface area contributed by atoms with E-state index in [1.165, 1.54) is 5.56 Å². The van der Waals surface area contributed by atoms with E-state index in [-0.39, 0.29) is 0 Å². The summed E-state index contributed by atoms with van der Waals surface area (Å²) in [5.41, 5.74) is 4.12. The second kappa shape index (κ2) is 5.70. The van der Waals surface area contributed by atoms with Crippen LogP contribution in [0.4, 0.5) is 0 Å². The molecule has 21 heavy (non-hydrogen) atoms. The van der Waals surface area contributed by atoms with E-state index in [9.17, 15) is 0 Å². The van der Waals surface area contributed by atoms with Crippen LogP contribution >= 0.6 is 23.2 Å². The molecular weight excluding hydrogens is 303 g/mol. The number of fused-ring (bicyclic) bond motifs is 1. The molecule has 0 aliphatic heterocycles. The molecule has 107 valence electrons. The molecule has 0 fully saturated rings. The molecule has 0 saturated heterocycles. The Labute approximate surface area is 134 Å². The van der Waals surface area contributed by atoms with Crippen molar-refractivity contribution in [2.24, 2.45) is 0 Å². The van der Waals surface area contributed by atoms with Gasteiger partial charge < -0.3 is 0 Å². The molecule has 0 saturated carbocycles. The lowest BCUT2D eigenvalue weighted by Gasteiger charge is -2.09. The van der Waals surface area contributed by atoms with Gasteiger partial charge in [-0.05, 0) is 43.2 Å². The summed E-state index contributed by atoms with van der Waals surface area (Å²) in [5, 5.41) is 1.08. The minimum absolute atomic E-state index is 0.531. The van der Waals surface area contributed by atoms with Crippen molar-refractivity contribution in [3.05, 3.63) is 64.8 Å². The third kappa shape index (κ3) is 2.54. The first kappa shape index (κ1) is 14.4. The van der Waals surface area contributed by atoms with Crippen molar-refractivity contribution in [1.29, 1.82) is 0 Å². The molecule has 0 atom stereocenters. The highest BCUT2D eigenvalue weighted by Crippen LogP contribution is 2.30. The summed E-state index contributed by atoms with van der Waals surface area (Å²) in [5.74, 6) is 0.991. The smallest absolute Gasteiger partial charge is 0.114 e. The van der Waals surface area contributed by atoms with E-state index in [1.807, 2.05) is 12.1 Å². The average Bonchev–Trinajstić information content (AvgIpc) is 2.85. The van der Waals surface area contributed by atoms with Crippen LogP contribution in [0.1, 0.15) is 18.3 Å². The summed E-state index contributed by atoms with van der Waals surface area (Å²) >= 11 is 12.3. The highest BCUT2D eigenvalue weighted by molar-refractivity contribution is 6.42. The molecule has 0 unspecified atom stereocenters. The number of benzene rings is 2. The van der Waals surface area contributed by atoms with Gasteiger partial charge >= 0.3 is 0 Å². The number of aryl methyl sites for hydroxylation is 1. The molecule has 1 heterocycles. The molecule has 3 rings (SSSR count). The normalized spacial score (nSPS) is 11.2. The Hall–Kier alpha value is -1.51. The highest BCUT2D eigenvalue weighted by atomic mass is 35.5. The summed E-state index contributed by atoms with van der Waals surface area (Å²) in [6.45, 7) is 5.99. The van der Waals surface area contributed by atoms with Gasteiger partial charge in [0.2, 0.25) is 0 Å². The number of hydrogen-bond donors (Lipinski definition) is 0. The lowest BCUT2D eigenvalue weighted by Crippen LogP contribution is -2.00. The molecule has 2 aromatic carbocycles. The molecule has 0 bridgehead atoms. The van der Waals surface area contributed by atoms with Gasteiger partial charge in [-0.3, -0.25) is 4.57 Å². The monoisotopic (exact) mass is 317 g/mol. The SMILES string of the molecule is [CH2]Cc1ccc(-n2c(CC)nc3cc(Cl)c(Cl)cc32)cc1. The summed E-state index contributed by atoms with van der Waals surface area (Å²) < 4.78 is 2.13. The summed E-state index contributed by atoms with van der Waals surface area (Å²) in [6, 6.07) is 12.0. The Morgan fingerprint density at radius 3 is 2.38 bits per heavy atom. The minimum atomic E-state index is 0.531. The van der Waals surface area contributed by atoms with Gasteiger partial charge in [-0.15, -0.1) is 0 Å². The van der Waals surface area contributed by atoms with Crippen LogP contribution in [0.3, 0.4) is 0 Å². The van der Waals surface area contributed by atoms with E-state index in [0.717, 1.165) is 35.4 Å². The van der Waals surface area contributed by atoms with Crippen molar-refractivity contribution in [2.75, 3.05) is 0 Å². The second-order valence-electron chi connectivity index (χ2n) is 4.89. The van der Waals surface area contributed by atoms with Crippen molar-refractivity contribution in [3.63, 3.8) is 0 Å². The quantitative estimate of drug-likeness (QED) is 0.643. The van der Waals surface area contributed by atoms with Gasteiger partial charge in [-0.1, -0.05) is 42.3 Å². The molecule has 0 N–H and O–H groups in total. The van der Waals surface area contributed by atoms with Crippen LogP contribution in [0.2, 0.25) is 10.0 Å². The van der Waals surface area contributed by atoms with Gasteiger partial charge in [0.15, 0.2) is 0 Å². The maximum absolute atomic E-state index is 6.17. The number of rotatable bonds is 3. The van der Waals surface area contributed by atoms with Crippen molar-refractivity contribution in [1.82, 2.24) is 9.55 Å². The van der Waals surface area contributed by atoms with E-state index in [4.69, 9.17) is 23.2 Å². The topological polar surface area (TPSA) is 17.8 Å².